The second-order valence-electron chi connectivity index (χ2n) is 4.35. The lowest BCUT2D eigenvalue weighted by Crippen LogP contribution is -2.30. The van der Waals surface area contributed by atoms with Crippen LogP contribution in [0, 0.1) is 6.92 Å². The van der Waals surface area contributed by atoms with E-state index in [1.165, 1.54) is 11.7 Å². The van der Waals surface area contributed by atoms with Crippen LogP contribution in [0.5, 0.6) is 0 Å². The lowest BCUT2D eigenvalue weighted by molar-refractivity contribution is -0.125. The number of hydrogen-bond acceptors (Lipinski definition) is 5. The average molecular weight is 309 g/mol. The highest BCUT2D eigenvalue weighted by Crippen LogP contribution is 2.15. The average Bonchev–Trinajstić information content (AvgIpc) is 2.80. The fourth-order valence-electron chi connectivity index (χ4n) is 1.56. The fourth-order valence-corrected chi connectivity index (χ4v) is 1.74. The topological polar surface area (TPSA) is 100 Å². The van der Waals surface area contributed by atoms with Crippen LogP contribution in [0.4, 0.5) is 0 Å². The molecule has 2 N–H and O–H groups in total. The SMILES string of the molecule is Cc1nn(-c2cccc(Cl)c2)nc1C(=O)O[C@@H](C)C(N)=O. The van der Waals surface area contributed by atoms with Gasteiger partial charge in [-0.25, -0.2) is 4.79 Å². The molecule has 7 nitrogen and oxygen atoms in total. The highest BCUT2D eigenvalue weighted by molar-refractivity contribution is 6.30. The Morgan fingerprint density at radius 2 is 2.10 bits per heavy atom. The third-order valence-electron chi connectivity index (χ3n) is 2.70. The Morgan fingerprint density at radius 3 is 2.71 bits per heavy atom. The second kappa shape index (κ2) is 5.92. The first-order valence-electron chi connectivity index (χ1n) is 6.08. The molecule has 8 heteroatoms. The van der Waals surface area contributed by atoms with Gasteiger partial charge in [-0.15, -0.1) is 5.10 Å². The predicted molar refractivity (Wildman–Crippen MR) is 75.2 cm³/mol. The number of amides is 1. The van der Waals surface area contributed by atoms with Crippen molar-refractivity contribution in [1.82, 2.24) is 15.0 Å². The Bertz CT molecular complexity index is 698. The molecule has 0 spiro atoms. The number of ether oxygens (including phenoxy) is 1. The smallest absolute Gasteiger partial charge is 0.361 e. The quantitative estimate of drug-likeness (QED) is 0.857. The Hall–Kier alpha value is -2.41. The van der Waals surface area contributed by atoms with Crippen molar-refractivity contribution in [2.75, 3.05) is 0 Å². The van der Waals surface area contributed by atoms with Gasteiger partial charge >= 0.3 is 5.97 Å². The summed E-state index contributed by atoms with van der Waals surface area (Å²) in [5, 5.41) is 8.70. The molecule has 1 heterocycles. The van der Waals surface area contributed by atoms with E-state index in [4.69, 9.17) is 22.1 Å². The van der Waals surface area contributed by atoms with Gasteiger partial charge in [0.25, 0.3) is 5.91 Å². The van der Waals surface area contributed by atoms with E-state index in [1.807, 2.05) is 0 Å². The number of primary amides is 1. The zero-order chi connectivity index (χ0) is 15.6. The molecule has 0 unspecified atom stereocenters. The molecule has 0 fully saturated rings. The van der Waals surface area contributed by atoms with Crippen LogP contribution in [-0.4, -0.2) is 33.0 Å². The number of nitrogens with zero attached hydrogens (tertiary/aromatic N) is 3. The summed E-state index contributed by atoms with van der Waals surface area (Å²) in [4.78, 5) is 24.1. The molecule has 2 rings (SSSR count). The van der Waals surface area contributed by atoms with E-state index >= 15 is 0 Å². The van der Waals surface area contributed by atoms with Crippen LogP contribution in [0.3, 0.4) is 0 Å². The minimum atomic E-state index is -1.03. The summed E-state index contributed by atoms with van der Waals surface area (Å²) in [5.41, 5.74) is 6.03. The van der Waals surface area contributed by atoms with Gasteiger partial charge < -0.3 is 10.5 Å². The van der Waals surface area contributed by atoms with E-state index in [-0.39, 0.29) is 5.69 Å². The molecule has 1 aromatic heterocycles. The molecule has 21 heavy (non-hydrogen) atoms. The van der Waals surface area contributed by atoms with Crippen LogP contribution < -0.4 is 5.73 Å². The Balaban J connectivity index is 2.27. The number of carbonyl (C=O) groups is 2. The first kappa shape index (κ1) is 15.0. The number of esters is 1. The summed E-state index contributed by atoms with van der Waals surface area (Å²) in [6.07, 6.45) is -1.03. The molecule has 0 bridgehead atoms. The first-order chi connectivity index (χ1) is 9.88. The number of hydrogen-bond donors (Lipinski definition) is 1. The van der Waals surface area contributed by atoms with Crippen molar-refractivity contribution in [2.24, 2.45) is 5.73 Å². The van der Waals surface area contributed by atoms with E-state index < -0.39 is 18.0 Å². The zero-order valence-electron chi connectivity index (χ0n) is 11.4. The van der Waals surface area contributed by atoms with Crippen molar-refractivity contribution in [3.63, 3.8) is 0 Å². The molecule has 1 amide bonds. The normalized spacial score (nSPS) is 12.0. The van der Waals surface area contributed by atoms with Gasteiger partial charge in [0.15, 0.2) is 11.8 Å². The van der Waals surface area contributed by atoms with Crippen LogP contribution in [0.15, 0.2) is 24.3 Å². The molecule has 0 aliphatic rings. The second-order valence-corrected chi connectivity index (χ2v) is 4.79. The predicted octanol–water partition coefficient (Wildman–Crippen LogP) is 1.26. The van der Waals surface area contributed by atoms with Crippen molar-refractivity contribution < 1.29 is 14.3 Å². The molecule has 2 aromatic rings. The summed E-state index contributed by atoms with van der Waals surface area (Å²) in [7, 11) is 0. The molecular formula is C13H13ClN4O3. The minimum Gasteiger partial charge on any atom is -0.448 e. The van der Waals surface area contributed by atoms with Gasteiger partial charge in [-0.05, 0) is 32.0 Å². The van der Waals surface area contributed by atoms with Crippen LogP contribution in [-0.2, 0) is 9.53 Å². The first-order valence-corrected chi connectivity index (χ1v) is 6.46. The van der Waals surface area contributed by atoms with E-state index in [1.54, 1.807) is 31.2 Å². The van der Waals surface area contributed by atoms with Gasteiger partial charge in [0.2, 0.25) is 0 Å². The largest absolute Gasteiger partial charge is 0.448 e. The van der Waals surface area contributed by atoms with Crippen molar-refractivity contribution in [3.05, 3.63) is 40.7 Å². The van der Waals surface area contributed by atoms with Gasteiger partial charge in [-0.3, -0.25) is 4.79 Å². The number of carbonyl (C=O) groups excluding carboxylic acids is 2. The lowest BCUT2D eigenvalue weighted by Gasteiger charge is -2.07. The van der Waals surface area contributed by atoms with Crippen LogP contribution in [0.1, 0.15) is 23.1 Å². The molecule has 0 aliphatic carbocycles. The van der Waals surface area contributed by atoms with Crippen molar-refractivity contribution in [1.29, 1.82) is 0 Å². The van der Waals surface area contributed by atoms with Gasteiger partial charge in [0, 0.05) is 5.02 Å². The van der Waals surface area contributed by atoms with Crippen LogP contribution >= 0.6 is 11.6 Å². The lowest BCUT2D eigenvalue weighted by atomic mass is 10.3. The van der Waals surface area contributed by atoms with Crippen molar-refractivity contribution >= 4 is 23.5 Å². The minimum absolute atomic E-state index is 0.0167. The molecule has 1 aromatic carbocycles. The molecule has 1 atom stereocenters. The van der Waals surface area contributed by atoms with Crippen molar-refractivity contribution in [3.8, 4) is 5.69 Å². The number of rotatable bonds is 4. The molecule has 0 radical (unpaired) electrons. The van der Waals surface area contributed by atoms with Gasteiger partial charge in [0.1, 0.15) is 0 Å². The van der Waals surface area contributed by atoms with E-state index in [0.717, 1.165) is 0 Å². The molecule has 110 valence electrons. The number of nitrogens with two attached hydrogens (primary N) is 1. The Kier molecular flexibility index (Phi) is 4.23. The van der Waals surface area contributed by atoms with Crippen LogP contribution in [0.25, 0.3) is 5.69 Å². The third kappa shape index (κ3) is 3.38. The maximum Gasteiger partial charge on any atom is 0.361 e. The van der Waals surface area contributed by atoms with E-state index in [2.05, 4.69) is 10.2 Å². The Morgan fingerprint density at radius 1 is 1.38 bits per heavy atom. The zero-order valence-corrected chi connectivity index (χ0v) is 12.2. The molecule has 0 saturated carbocycles. The maximum atomic E-state index is 11.9. The van der Waals surface area contributed by atoms with E-state index in [0.29, 0.717) is 16.4 Å². The van der Waals surface area contributed by atoms with Crippen LogP contribution in [0.2, 0.25) is 5.02 Å². The summed E-state index contributed by atoms with van der Waals surface area (Å²) in [6.45, 7) is 3.00. The highest BCUT2D eigenvalue weighted by atomic mass is 35.5. The summed E-state index contributed by atoms with van der Waals surface area (Å²) >= 11 is 5.90. The standard InChI is InChI=1S/C13H13ClN4O3/c1-7-11(13(20)21-8(2)12(15)19)17-18(16-7)10-5-3-4-9(14)6-10/h3-6,8H,1-2H3,(H2,15,19)/t8-/m0/s1. The third-order valence-corrected chi connectivity index (χ3v) is 2.93. The molecular weight excluding hydrogens is 296 g/mol. The number of halogens is 1. The van der Waals surface area contributed by atoms with Gasteiger partial charge in [-0.2, -0.15) is 9.90 Å². The number of aryl methyl sites for hydroxylation is 1. The molecule has 0 aliphatic heterocycles. The van der Waals surface area contributed by atoms with E-state index in [9.17, 15) is 9.59 Å². The number of aromatic nitrogens is 3. The number of benzene rings is 1. The van der Waals surface area contributed by atoms with Gasteiger partial charge in [0.05, 0.1) is 11.4 Å². The van der Waals surface area contributed by atoms with Crippen molar-refractivity contribution in [2.45, 2.75) is 20.0 Å². The summed E-state index contributed by atoms with van der Waals surface area (Å²) in [6, 6.07) is 6.85. The fraction of sp³-hybridized carbons (Fsp3) is 0.231. The summed E-state index contributed by atoms with van der Waals surface area (Å²) in [5.74, 6) is -1.49. The highest BCUT2D eigenvalue weighted by Gasteiger charge is 2.22. The monoisotopic (exact) mass is 308 g/mol. The maximum absolute atomic E-state index is 11.9. The Labute approximate surface area is 125 Å². The summed E-state index contributed by atoms with van der Waals surface area (Å²) < 4.78 is 4.90. The van der Waals surface area contributed by atoms with Gasteiger partial charge in [-0.1, -0.05) is 17.7 Å². The molecule has 0 saturated heterocycles.